The first-order valence-electron chi connectivity index (χ1n) is 11.9. The van der Waals surface area contributed by atoms with Gasteiger partial charge in [-0.3, -0.25) is 4.99 Å². The zero-order chi connectivity index (χ0) is 24.8. The Hall–Kier alpha value is -3.01. The summed E-state index contributed by atoms with van der Waals surface area (Å²) in [6.45, 7) is 14.8. The minimum atomic E-state index is 0.718. The number of aryl methyl sites for hydroxylation is 1. The first-order valence-corrected chi connectivity index (χ1v) is 11.9. The average molecular weight is 447 g/mol. The molecule has 0 aliphatic rings. The second kappa shape index (κ2) is 14.9. The van der Waals surface area contributed by atoms with Crippen molar-refractivity contribution in [3.05, 3.63) is 72.2 Å². The predicted molar refractivity (Wildman–Crippen MR) is 146 cm³/mol. The van der Waals surface area contributed by atoms with Gasteiger partial charge in [0.1, 0.15) is 0 Å². The fourth-order valence-electron chi connectivity index (χ4n) is 3.13. The molecule has 4 nitrogen and oxygen atoms in total. The molecule has 0 spiro atoms. The summed E-state index contributed by atoms with van der Waals surface area (Å²) in [4.78, 5) is 15.5. The molecule has 0 bridgehead atoms. The summed E-state index contributed by atoms with van der Waals surface area (Å²) in [5.74, 6) is 1.65. The Morgan fingerprint density at radius 2 is 1.85 bits per heavy atom. The van der Waals surface area contributed by atoms with Crippen molar-refractivity contribution < 1.29 is 0 Å². The molecule has 0 aliphatic carbocycles. The fraction of sp³-hybridized carbons (Fsp3) is 0.414. The van der Waals surface area contributed by atoms with Crippen LogP contribution in [0.2, 0.25) is 0 Å². The van der Waals surface area contributed by atoms with Gasteiger partial charge >= 0.3 is 0 Å². The van der Waals surface area contributed by atoms with Crippen LogP contribution in [0.25, 0.3) is 22.5 Å². The second-order valence-corrected chi connectivity index (χ2v) is 8.40. The number of aromatic nitrogens is 2. The van der Waals surface area contributed by atoms with Gasteiger partial charge in [0.05, 0.1) is 0 Å². The highest BCUT2D eigenvalue weighted by Crippen LogP contribution is 2.24. The average Bonchev–Trinajstić information content (AvgIpc) is 2.82. The molecule has 1 aromatic heterocycles. The second-order valence-electron chi connectivity index (χ2n) is 8.40. The van der Waals surface area contributed by atoms with E-state index in [1.54, 1.807) is 7.05 Å². The van der Waals surface area contributed by atoms with Crippen LogP contribution >= 0.6 is 0 Å². The van der Waals surface area contributed by atoms with Crippen LogP contribution in [-0.4, -0.2) is 42.2 Å². The van der Waals surface area contributed by atoms with Crippen molar-refractivity contribution in [2.75, 3.05) is 21.1 Å². The van der Waals surface area contributed by atoms with Crippen molar-refractivity contribution in [3.63, 3.8) is 0 Å². The summed E-state index contributed by atoms with van der Waals surface area (Å²) in [5, 5.41) is 0. The standard InChI is InChI=1S/C23H28N4.C6H14/c1-7-10-21(14-24-4)22-15-25-23(26-17(22)3)20-12-9-11-19(13-20)18(8-2)16-27(5)6;1-4-6(3)5-2/h8-16H,2,7H2,1,3-6H3;6H,4-5H2,1-3H3/b18-16+,21-10+,24-14?;. The third kappa shape index (κ3) is 9.17. The van der Waals surface area contributed by atoms with Crippen LogP contribution in [0.15, 0.2) is 60.4 Å². The van der Waals surface area contributed by atoms with Gasteiger partial charge in [-0.05, 0) is 42.0 Å². The van der Waals surface area contributed by atoms with Gasteiger partial charge in [-0.2, -0.15) is 0 Å². The van der Waals surface area contributed by atoms with E-state index < -0.39 is 0 Å². The van der Waals surface area contributed by atoms with Crippen LogP contribution in [0.3, 0.4) is 0 Å². The lowest BCUT2D eigenvalue weighted by atomic mass is 10.0. The Kier molecular flexibility index (Phi) is 12.7. The lowest BCUT2D eigenvalue weighted by Crippen LogP contribution is -2.02. The van der Waals surface area contributed by atoms with E-state index in [4.69, 9.17) is 4.98 Å². The maximum Gasteiger partial charge on any atom is 0.159 e. The van der Waals surface area contributed by atoms with E-state index in [0.717, 1.165) is 51.7 Å². The van der Waals surface area contributed by atoms with Crippen LogP contribution in [0.5, 0.6) is 0 Å². The molecule has 178 valence electrons. The van der Waals surface area contributed by atoms with E-state index in [-0.39, 0.29) is 0 Å². The molecule has 2 aromatic rings. The van der Waals surface area contributed by atoms with Gasteiger partial charge in [0, 0.05) is 56.6 Å². The van der Waals surface area contributed by atoms with E-state index in [2.05, 4.69) is 62.5 Å². The molecule has 0 saturated carbocycles. The summed E-state index contributed by atoms with van der Waals surface area (Å²) in [6, 6.07) is 8.23. The van der Waals surface area contributed by atoms with Crippen molar-refractivity contribution >= 4 is 17.4 Å². The summed E-state index contributed by atoms with van der Waals surface area (Å²) in [6.07, 6.45) is 13.4. The van der Waals surface area contributed by atoms with Crippen molar-refractivity contribution in [1.29, 1.82) is 0 Å². The van der Waals surface area contributed by atoms with E-state index in [1.165, 1.54) is 12.8 Å². The minimum absolute atomic E-state index is 0.718. The van der Waals surface area contributed by atoms with Gasteiger partial charge < -0.3 is 4.90 Å². The Morgan fingerprint density at radius 1 is 1.15 bits per heavy atom. The van der Waals surface area contributed by atoms with Crippen molar-refractivity contribution in [3.8, 4) is 11.4 Å². The third-order valence-electron chi connectivity index (χ3n) is 5.45. The largest absolute Gasteiger partial charge is 0.383 e. The molecule has 4 heteroatoms. The van der Waals surface area contributed by atoms with Crippen LogP contribution in [0.4, 0.5) is 0 Å². The van der Waals surface area contributed by atoms with Gasteiger partial charge in [0.2, 0.25) is 0 Å². The molecule has 0 unspecified atom stereocenters. The molecule has 0 amide bonds. The molecule has 0 fully saturated rings. The van der Waals surface area contributed by atoms with Gasteiger partial charge in [-0.25, -0.2) is 9.97 Å². The Morgan fingerprint density at radius 3 is 2.33 bits per heavy atom. The van der Waals surface area contributed by atoms with Gasteiger partial charge in [-0.15, -0.1) is 0 Å². The van der Waals surface area contributed by atoms with E-state index >= 15 is 0 Å². The first-order chi connectivity index (χ1) is 15.8. The molecule has 2 rings (SSSR count). The van der Waals surface area contributed by atoms with Crippen LogP contribution in [0, 0.1) is 12.8 Å². The Bertz CT molecular complexity index is 963. The fourth-order valence-corrected chi connectivity index (χ4v) is 3.13. The van der Waals surface area contributed by atoms with Gasteiger partial charge in [0.15, 0.2) is 5.82 Å². The molecule has 1 heterocycles. The molecular weight excluding hydrogens is 404 g/mol. The summed E-state index contributed by atoms with van der Waals surface area (Å²) in [7, 11) is 5.77. The zero-order valence-corrected chi connectivity index (χ0v) is 21.9. The molecule has 33 heavy (non-hydrogen) atoms. The quantitative estimate of drug-likeness (QED) is 0.296. The van der Waals surface area contributed by atoms with Crippen molar-refractivity contribution in [2.45, 2.75) is 53.9 Å². The number of aliphatic imine (C=N–C) groups is 1. The SMILES string of the molecule is C=C/C(=C\N(C)C)c1cccc(-c2ncc(/C(C=NC)=C/CC)c(C)n2)c1.CCC(C)CC. The highest BCUT2D eigenvalue weighted by atomic mass is 15.0. The molecular formula is C29H42N4. The maximum atomic E-state index is 4.75. The smallest absolute Gasteiger partial charge is 0.159 e. The Balaban J connectivity index is 0.000000801. The van der Waals surface area contributed by atoms with Gasteiger partial charge in [0.25, 0.3) is 0 Å². The number of nitrogens with zero attached hydrogens (tertiary/aromatic N) is 4. The Labute approximate surface area is 201 Å². The minimum Gasteiger partial charge on any atom is -0.383 e. The lowest BCUT2D eigenvalue weighted by Gasteiger charge is -2.11. The molecule has 0 saturated heterocycles. The number of hydrogen-bond acceptors (Lipinski definition) is 4. The van der Waals surface area contributed by atoms with Crippen LogP contribution in [-0.2, 0) is 0 Å². The van der Waals surface area contributed by atoms with Gasteiger partial charge in [-0.1, -0.05) is 77.5 Å². The normalized spacial score (nSPS) is 12.0. The molecule has 0 atom stereocenters. The van der Waals surface area contributed by atoms with Crippen molar-refractivity contribution in [1.82, 2.24) is 14.9 Å². The molecule has 0 radical (unpaired) electrons. The molecule has 0 N–H and O–H groups in total. The monoisotopic (exact) mass is 446 g/mol. The highest BCUT2D eigenvalue weighted by Gasteiger charge is 2.09. The van der Waals surface area contributed by atoms with E-state index in [9.17, 15) is 0 Å². The van der Waals surface area contributed by atoms with Crippen LogP contribution < -0.4 is 0 Å². The predicted octanol–water partition coefficient (Wildman–Crippen LogP) is 7.48. The lowest BCUT2D eigenvalue weighted by molar-refractivity contribution is 0.544. The molecule has 1 aromatic carbocycles. The van der Waals surface area contributed by atoms with E-state index in [1.807, 2.05) is 62.7 Å². The summed E-state index contributed by atoms with van der Waals surface area (Å²) in [5.41, 5.74) is 6.15. The first kappa shape index (κ1) is 28.0. The molecule has 0 aliphatic heterocycles. The summed E-state index contributed by atoms with van der Waals surface area (Å²) >= 11 is 0. The third-order valence-corrected chi connectivity index (χ3v) is 5.45. The maximum absolute atomic E-state index is 4.75. The number of rotatable bonds is 9. The number of allylic oxidation sites excluding steroid dienone is 4. The van der Waals surface area contributed by atoms with Crippen molar-refractivity contribution in [2.24, 2.45) is 10.9 Å². The summed E-state index contributed by atoms with van der Waals surface area (Å²) < 4.78 is 0. The van der Waals surface area contributed by atoms with Crippen LogP contribution in [0.1, 0.15) is 63.8 Å². The highest BCUT2D eigenvalue weighted by molar-refractivity contribution is 6.10. The van der Waals surface area contributed by atoms with E-state index in [0.29, 0.717) is 0 Å². The zero-order valence-electron chi connectivity index (χ0n) is 21.9. The topological polar surface area (TPSA) is 41.4 Å². The number of hydrogen-bond donors (Lipinski definition) is 0. The number of benzene rings is 1.